The Morgan fingerprint density at radius 3 is 2.62 bits per heavy atom. The number of aliphatic imine (C=N–C) groups is 1. The first-order chi connectivity index (χ1) is 11.3. The third-order valence-electron chi connectivity index (χ3n) is 3.13. The highest BCUT2D eigenvalue weighted by atomic mass is 127. The van der Waals surface area contributed by atoms with E-state index in [1.54, 1.807) is 0 Å². The maximum Gasteiger partial charge on any atom is 0.226 e. The molecule has 7 nitrogen and oxygen atoms in total. The molecule has 0 spiro atoms. The van der Waals surface area contributed by atoms with Crippen LogP contribution in [0.2, 0.25) is 0 Å². The van der Waals surface area contributed by atoms with Crippen molar-refractivity contribution in [3.05, 3.63) is 11.7 Å². The van der Waals surface area contributed by atoms with E-state index in [0.717, 1.165) is 64.5 Å². The van der Waals surface area contributed by atoms with E-state index >= 15 is 0 Å². The molecule has 0 radical (unpaired) electrons. The van der Waals surface area contributed by atoms with Gasteiger partial charge in [0.05, 0.1) is 0 Å². The lowest BCUT2D eigenvalue weighted by Crippen LogP contribution is -2.38. The van der Waals surface area contributed by atoms with Crippen LogP contribution >= 0.6 is 24.0 Å². The summed E-state index contributed by atoms with van der Waals surface area (Å²) in [6.07, 6.45) is 4.94. The number of guanidine groups is 1. The third-order valence-corrected chi connectivity index (χ3v) is 3.13. The van der Waals surface area contributed by atoms with E-state index in [1.165, 1.54) is 6.42 Å². The number of nitrogens with zero attached hydrogens (tertiary/aromatic N) is 3. The van der Waals surface area contributed by atoms with Crippen LogP contribution < -0.4 is 10.6 Å². The molecular formula is C16H32IN5O2. The van der Waals surface area contributed by atoms with Crippen LogP contribution in [-0.4, -0.2) is 48.9 Å². The number of aryl methyl sites for hydroxylation is 2. The highest BCUT2D eigenvalue weighted by Crippen LogP contribution is 2.00. The molecule has 0 fully saturated rings. The van der Waals surface area contributed by atoms with Crippen LogP contribution in [0.25, 0.3) is 0 Å². The molecular weight excluding hydrogens is 421 g/mol. The molecule has 0 aliphatic rings. The van der Waals surface area contributed by atoms with Gasteiger partial charge in [0.2, 0.25) is 5.89 Å². The minimum Gasteiger partial charge on any atom is -0.381 e. The summed E-state index contributed by atoms with van der Waals surface area (Å²) >= 11 is 0. The molecule has 1 rings (SSSR count). The van der Waals surface area contributed by atoms with Gasteiger partial charge < -0.3 is 19.9 Å². The van der Waals surface area contributed by atoms with Crippen LogP contribution in [0.15, 0.2) is 9.52 Å². The summed E-state index contributed by atoms with van der Waals surface area (Å²) in [5, 5.41) is 10.3. The Morgan fingerprint density at radius 2 is 1.96 bits per heavy atom. The van der Waals surface area contributed by atoms with E-state index in [-0.39, 0.29) is 24.0 Å². The van der Waals surface area contributed by atoms with E-state index in [0.29, 0.717) is 11.7 Å². The Bertz CT molecular complexity index is 440. The standard InChI is InChI=1S/C16H31N5O2.HI/c1-4-6-12-22-13-8-11-19-16(17-5-2)18-10-7-9-15-20-14(3)21-23-15;/h4-13H2,1-3H3,(H2,17,18,19);1H. The van der Waals surface area contributed by atoms with Crippen molar-refractivity contribution in [1.29, 1.82) is 0 Å². The predicted octanol–water partition coefficient (Wildman–Crippen LogP) is 2.69. The molecule has 0 unspecified atom stereocenters. The Balaban J connectivity index is 0.00000529. The van der Waals surface area contributed by atoms with Gasteiger partial charge in [-0.2, -0.15) is 4.98 Å². The van der Waals surface area contributed by atoms with Gasteiger partial charge in [-0.05, 0) is 33.1 Å². The van der Waals surface area contributed by atoms with Crippen LogP contribution in [-0.2, 0) is 11.2 Å². The van der Waals surface area contributed by atoms with Gasteiger partial charge >= 0.3 is 0 Å². The Kier molecular flexibility index (Phi) is 15.0. The lowest BCUT2D eigenvalue weighted by atomic mass is 10.3. The molecule has 24 heavy (non-hydrogen) atoms. The summed E-state index contributed by atoms with van der Waals surface area (Å²) in [7, 11) is 0. The van der Waals surface area contributed by atoms with Crippen molar-refractivity contribution in [3.8, 4) is 0 Å². The highest BCUT2D eigenvalue weighted by Gasteiger charge is 2.02. The number of unbranched alkanes of at least 4 members (excludes halogenated alkanes) is 1. The number of nitrogens with one attached hydrogen (secondary N) is 2. The second kappa shape index (κ2) is 15.6. The normalized spacial score (nSPS) is 11.2. The van der Waals surface area contributed by atoms with Gasteiger partial charge in [0.25, 0.3) is 0 Å². The van der Waals surface area contributed by atoms with Crippen molar-refractivity contribution in [2.45, 2.75) is 52.9 Å². The summed E-state index contributed by atoms with van der Waals surface area (Å²) in [6.45, 7) is 10.1. The first-order valence-corrected chi connectivity index (χ1v) is 8.65. The van der Waals surface area contributed by atoms with E-state index in [1.807, 2.05) is 6.92 Å². The lowest BCUT2D eigenvalue weighted by Gasteiger charge is -2.11. The van der Waals surface area contributed by atoms with E-state index in [4.69, 9.17) is 9.26 Å². The van der Waals surface area contributed by atoms with Crippen molar-refractivity contribution in [3.63, 3.8) is 0 Å². The molecule has 1 heterocycles. The van der Waals surface area contributed by atoms with Crippen molar-refractivity contribution < 1.29 is 9.26 Å². The monoisotopic (exact) mass is 453 g/mol. The Morgan fingerprint density at radius 1 is 1.17 bits per heavy atom. The van der Waals surface area contributed by atoms with Gasteiger partial charge in [0.15, 0.2) is 11.8 Å². The minimum atomic E-state index is 0. The van der Waals surface area contributed by atoms with Gasteiger partial charge in [-0.1, -0.05) is 18.5 Å². The maximum absolute atomic E-state index is 5.54. The topological polar surface area (TPSA) is 84.6 Å². The highest BCUT2D eigenvalue weighted by molar-refractivity contribution is 14.0. The van der Waals surface area contributed by atoms with Crippen molar-refractivity contribution >= 4 is 29.9 Å². The zero-order valence-electron chi connectivity index (χ0n) is 15.1. The smallest absolute Gasteiger partial charge is 0.226 e. The Labute approximate surface area is 162 Å². The quantitative estimate of drug-likeness (QED) is 0.219. The van der Waals surface area contributed by atoms with Crippen LogP contribution in [0.4, 0.5) is 0 Å². The lowest BCUT2D eigenvalue weighted by molar-refractivity contribution is 0.129. The third kappa shape index (κ3) is 11.6. The second-order valence-electron chi connectivity index (χ2n) is 5.35. The first-order valence-electron chi connectivity index (χ1n) is 8.65. The Hall–Kier alpha value is -0.900. The number of hydrogen-bond acceptors (Lipinski definition) is 5. The zero-order valence-corrected chi connectivity index (χ0v) is 17.5. The second-order valence-corrected chi connectivity index (χ2v) is 5.35. The molecule has 140 valence electrons. The van der Waals surface area contributed by atoms with Gasteiger partial charge in [-0.3, -0.25) is 4.99 Å². The van der Waals surface area contributed by atoms with Crippen molar-refractivity contribution in [1.82, 2.24) is 20.8 Å². The predicted molar refractivity (Wildman–Crippen MR) is 107 cm³/mol. The van der Waals surface area contributed by atoms with Crippen LogP contribution in [0.3, 0.4) is 0 Å². The molecule has 0 saturated carbocycles. The maximum atomic E-state index is 5.54. The molecule has 8 heteroatoms. The van der Waals surface area contributed by atoms with Gasteiger partial charge in [0.1, 0.15) is 0 Å². The molecule has 0 aliphatic heterocycles. The van der Waals surface area contributed by atoms with Crippen LogP contribution in [0.5, 0.6) is 0 Å². The fourth-order valence-corrected chi connectivity index (χ4v) is 1.93. The summed E-state index contributed by atoms with van der Waals surface area (Å²) in [5.41, 5.74) is 0. The largest absolute Gasteiger partial charge is 0.381 e. The molecule has 1 aromatic rings. The number of ether oxygens (including phenoxy) is 1. The van der Waals surface area contributed by atoms with E-state index < -0.39 is 0 Å². The summed E-state index contributed by atoms with van der Waals surface area (Å²) in [4.78, 5) is 8.73. The first kappa shape index (κ1) is 23.1. The number of aromatic nitrogens is 2. The summed E-state index contributed by atoms with van der Waals surface area (Å²) < 4.78 is 10.6. The fourth-order valence-electron chi connectivity index (χ4n) is 1.93. The van der Waals surface area contributed by atoms with Crippen LogP contribution in [0.1, 0.15) is 51.2 Å². The van der Waals surface area contributed by atoms with E-state index in [2.05, 4.69) is 39.6 Å². The van der Waals surface area contributed by atoms with Gasteiger partial charge in [-0.15, -0.1) is 24.0 Å². The van der Waals surface area contributed by atoms with Gasteiger partial charge in [0, 0.05) is 39.3 Å². The average Bonchev–Trinajstić information content (AvgIpc) is 2.96. The zero-order chi connectivity index (χ0) is 16.8. The molecule has 0 atom stereocenters. The molecule has 2 N–H and O–H groups in total. The molecule has 0 aromatic carbocycles. The van der Waals surface area contributed by atoms with Gasteiger partial charge in [-0.25, -0.2) is 0 Å². The van der Waals surface area contributed by atoms with E-state index in [9.17, 15) is 0 Å². The molecule has 0 bridgehead atoms. The van der Waals surface area contributed by atoms with Crippen molar-refractivity contribution in [2.24, 2.45) is 4.99 Å². The summed E-state index contributed by atoms with van der Waals surface area (Å²) in [5.74, 6) is 2.21. The molecule has 0 saturated heterocycles. The molecule has 0 aliphatic carbocycles. The SMILES string of the molecule is CCCCOCCCNC(=NCCCc1nc(C)no1)NCC.I. The van der Waals surface area contributed by atoms with Crippen LogP contribution in [0, 0.1) is 6.92 Å². The molecule has 0 amide bonds. The molecule has 1 aromatic heterocycles. The fraction of sp³-hybridized carbons (Fsp3) is 0.812. The number of hydrogen-bond donors (Lipinski definition) is 2. The number of rotatable bonds is 12. The number of halogens is 1. The minimum absolute atomic E-state index is 0. The van der Waals surface area contributed by atoms with Crippen molar-refractivity contribution in [2.75, 3.05) is 32.8 Å². The summed E-state index contributed by atoms with van der Waals surface area (Å²) in [6, 6.07) is 0. The average molecular weight is 453 g/mol.